The van der Waals surface area contributed by atoms with Crippen molar-refractivity contribution in [3.05, 3.63) is 60.2 Å². The van der Waals surface area contributed by atoms with Crippen molar-refractivity contribution in [2.24, 2.45) is 7.05 Å². The average molecular weight is 245 g/mol. The Morgan fingerprint density at radius 2 is 1.42 bits per heavy atom. The first-order valence-corrected chi connectivity index (χ1v) is 6.61. The number of aryl methyl sites for hydroxylation is 2. The highest BCUT2D eigenvalue weighted by Gasteiger charge is 2.09. The molecule has 4 aromatic rings. The van der Waals surface area contributed by atoms with E-state index in [1.165, 1.54) is 38.1 Å². The molecule has 0 saturated heterocycles. The van der Waals surface area contributed by atoms with Gasteiger partial charge < -0.3 is 4.57 Å². The summed E-state index contributed by atoms with van der Waals surface area (Å²) in [5.41, 5.74) is 3.92. The van der Waals surface area contributed by atoms with Gasteiger partial charge in [-0.1, -0.05) is 35.9 Å². The van der Waals surface area contributed by atoms with Crippen LogP contribution in [0.3, 0.4) is 0 Å². The van der Waals surface area contributed by atoms with Gasteiger partial charge in [-0.3, -0.25) is 0 Å². The third-order valence-electron chi connectivity index (χ3n) is 4.03. The van der Waals surface area contributed by atoms with Gasteiger partial charge >= 0.3 is 0 Å². The predicted octanol–water partition coefficient (Wildman–Crippen LogP) is 4.79. The van der Waals surface area contributed by atoms with E-state index in [-0.39, 0.29) is 0 Å². The minimum absolute atomic E-state index is 1.30. The van der Waals surface area contributed by atoms with Crippen molar-refractivity contribution in [2.45, 2.75) is 6.92 Å². The molecule has 92 valence electrons. The molecule has 0 saturated carbocycles. The van der Waals surface area contributed by atoms with Crippen LogP contribution in [-0.4, -0.2) is 4.57 Å². The standard InChI is InChI=1S/C18H15N/c1-12-7-8-17-15(9-12)16-10-13-5-3-4-6-14(13)11-18(16)19(17)2/h3-11H,1-2H3. The van der Waals surface area contributed by atoms with Crippen molar-refractivity contribution in [1.82, 2.24) is 4.57 Å². The zero-order valence-corrected chi connectivity index (χ0v) is 11.1. The van der Waals surface area contributed by atoms with Crippen LogP contribution in [0.15, 0.2) is 54.6 Å². The molecular formula is C18H15N. The molecule has 0 N–H and O–H groups in total. The summed E-state index contributed by atoms with van der Waals surface area (Å²) in [6.07, 6.45) is 0. The van der Waals surface area contributed by atoms with Crippen LogP contribution in [0.1, 0.15) is 5.56 Å². The van der Waals surface area contributed by atoms with E-state index >= 15 is 0 Å². The minimum Gasteiger partial charge on any atom is -0.344 e. The van der Waals surface area contributed by atoms with Gasteiger partial charge in [-0.15, -0.1) is 0 Å². The van der Waals surface area contributed by atoms with Gasteiger partial charge in [0.25, 0.3) is 0 Å². The normalized spacial score (nSPS) is 11.7. The topological polar surface area (TPSA) is 4.93 Å². The molecule has 1 heterocycles. The van der Waals surface area contributed by atoms with Crippen LogP contribution < -0.4 is 0 Å². The van der Waals surface area contributed by atoms with Gasteiger partial charge in [-0.25, -0.2) is 0 Å². The first-order valence-electron chi connectivity index (χ1n) is 6.61. The number of hydrogen-bond acceptors (Lipinski definition) is 0. The Labute approximate surface area is 112 Å². The van der Waals surface area contributed by atoms with Crippen LogP contribution in [0, 0.1) is 6.92 Å². The van der Waals surface area contributed by atoms with Crippen LogP contribution in [0.25, 0.3) is 32.6 Å². The third-order valence-corrected chi connectivity index (χ3v) is 4.03. The van der Waals surface area contributed by atoms with Gasteiger partial charge in [0.05, 0.1) is 0 Å². The van der Waals surface area contributed by atoms with E-state index in [1.807, 2.05) is 0 Å². The van der Waals surface area contributed by atoms with Gasteiger partial charge in [0.15, 0.2) is 0 Å². The second kappa shape index (κ2) is 3.61. The number of aromatic nitrogens is 1. The number of hydrogen-bond donors (Lipinski definition) is 0. The Morgan fingerprint density at radius 1 is 0.737 bits per heavy atom. The smallest absolute Gasteiger partial charge is 0.0495 e. The molecule has 0 aliphatic carbocycles. The van der Waals surface area contributed by atoms with Crippen molar-refractivity contribution in [3.8, 4) is 0 Å². The number of benzene rings is 3. The Balaban J connectivity index is 2.30. The van der Waals surface area contributed by atoms with Gasteiger partial charge in [-0.05, 0) is 42.0 Å². The molecule has 0 atom stereocenters. The third kappa shape index (κ3) is 1.42. The summed E-state index contributed by atoms with van der Waals surface area (Å²) in [5, 5.41) is 5.31. The van der Waals surface area contributed by atoms with Gasteiger partial charge in [0, 0.05) is 28.9 Å². The molecule has 0 amide bonds. The van der Waals surface area contributed by atoms with E-state index < -0.39 is 0 Å². The van der Waals surface area contributed by atoms with Crippen LogP contribution in [-0.2, 0) is 7.05 Å². The molecule has 0 spiro atoms. The first kappa shape index (κ1) is 10.6. The fourth-order valence-electron chi connectivity index (χ4n) is 3.01. The molecule has 0 bridgehead atoms. The van der Waals surface area contributed by atoms with Crippen LogP contribution in [0.5, 0.6) is 0 Å². The molecule has 0 radical (unpaired) electrons. The van der Waals surface area contributed by atoms with Crippen molar-refractivity contribution in [2.75, 3.05) is 0 Å². The molecular weight excluding hydrogens is 230 g/mol. The lowest BCUT2D eigenvalue weighted by Crippen LogP contribution is -1.86. The molecule has 1 nitrogen and oxygen atoms in total. The Bertz CT molecular complexity index is 929. The van der Waals surface area contributed by atoms with E-state index in [4.69, 9.17) is 0 Å². The van der Waals surface area contributed by atoms with Gasteiger partial charge in [0.2, 0.25) is 0 Å². The molecule has 0 unspecified atom stereocenters. The van der Waals surface area contributed by atoms with Crippen molar-refractivity contribution < 1.29 is 0 Å². The van der Waals surface area contributed by atoms with Crippen molar-refractivity contribution >= 4 is 32.6 Å². The van der Waals surface area contributed by atoms with E-state index in [9.17, 15) is 0 Å². The molecule has 0 aliphatic heterocycles. The Morgan fingerprint density at radius 3 is 2.21 bits per heavy atom. The molecule has 19 heavy (non-hydrogen) atoms. The number of nitrogens with zero attached hydrogens (tertiary/aromatic N) is 1. The van der Waals surface area contributed by atoms with E-state index in [0.29, 0.717) is 0 Å². The summed E-state index contributed by atoms with van der Waals surface area (Å²) in [6.45, 7) is 2.15. The zero-order valence-electron chi connectivity index (χ0n) is 11.1. The number of fused-ring (bicyclic) bond motifs is 4. The van der Waals surface area contributed by atoms with E-state index in [1.54, 1.807) is 0 Å². The molecule has 1 aromatic heterocycles. The fraction of sp³-hybridized carbons (Fsp3) is 0.111. The Hall–Kier alpha value is -2.28. The second-order valence-corrected chi connectivity index (χ2v) is 5.30. The monoisotopic (exact) mass is 245 g/mol. The summed E-state index contributed by atoms with van der Waals surface area (Å²) in [5.74, 6) is 0. The van der Waals surface area contributed by atoms with E-state index in [2.05, 4.69) is 73.1 Å². The van der Waals surface area contributed by atoms with Crippen LogP contribution in [0.2, 0.25) is 0 Å². The summed E-state index contributed by atoms with van der Waals surface area (Å²) < 4.78 is 2.29. The largest absolute Gasteiger partial charge is 0.344 e. The van der Waals surface area contributed by atoms with Gasteiger partial charge in [-0.2, -0.15) is 0 Å². The number of rotatable bonds is 0. The second-order valence-electron chi connectivity index (χ2n) is 5.30. The van der Waals surface area contributed by atoms with Crippen molar-refractivity contribution in [1.29, 1.82) is 0 Å². The Kier molecular flexibility index (Phi) is 2.02. The average Bonchev–Trinajstić information content (AvgIpc) is 2.69. The maximum Gasteiger partial charge on any atom is 0.0495 e. The molecule has 0 aliphatic rings. The molecule has 3 aromatic carbocycles. The summed E-state index contributed by atoms with van der Waals surface area (Å²) >= 11 is 0. The quantitative estimate of drug-likeness (QED) is 0.419. The lowest BCUT2D eigenvalue weighted by atomic mass is 10.1. The van der Waals surface area contributed by atoms with E-state index in [0.717, 1.165) is 0 Å². The summed E-state index contributed by atoms with van der Waals surface area (Å²) in [6, 6.07) is 19.8. The van der Waals surface area contributed by atoms with Gasteiger partial charge in [0.1, 0.15) is 0 Å². The van der Waals surface area contributed by atoms with Crippen LogP contribution in [0.4, 0.5) is 0 Å². The lowest BCUT2D eigenvalue weighted by molar-refractivity contribution is 1.01. The first-order chi connectivity index (χ1) is 9.24. The maximum absolute atomic E-state index is 2.31. The molecule has 0 fully saturated rings. The highest BCUT2D eigenvalue weighted by Crippen LogP contribution is 2.32. The molecule has 4 rings (SSSR count). The molecule has 1 heteroatoms. The zero-order chi connectivity index (χ0) is 13.0. The predicted molar refractivity (Wildman–Crippen MR) is 82.7 cm³/mol. The SMILES string of the molecule is Cc1ccc2c(c1)c1cc3ccccc3cc1n2C. The summed E-state index contributed by atoms with van der Waals surface area (Å²) in [7, 11) is 2.15. The maximum atomic E-state index is 2.31. The van der Waals surface area contributed by atoms with Crippen LogP contribution >= 0.6 is 0 Å². The van der Waals surface area contributed by atoms with Crippen molar-refractivity contribution in [3.63, 3.8) is 0 Å². The fourth-order valence-corrected chi connectivity index (χ4v) is 3.01. The minimum atomic E-state index is 1.30. The highest BCUT2D eigenvalue weighted by atomic mass is 14.9. The highest BCUT2D eigenvalue weighted by molar-refractivity contribution is 6.12. The lowest BCUT2D eigenvalue weighted by Gasteiger charge is -2.00. The summed E-state index contributed by atoms with van der Waals surface area (Å²) in [4.78, 5) is 0.